The van der Waals surface area contributed by atoms with Crippen LogP contribution in [0.15, 0.2) is 22.8 Å². The second-order valence-electron chi connectivity index (χ2n) is 5.00. The number of halogens is 1. The summed E-state index contributed by atoms with van der Waals surface area (Å²) in [6.07, 6.45) is 1.84. The maximum atomic E-state index is 4.36. The zero-order valence-corrected chi connectivity index (χ0v) is 12.7. The molecule has 1 unspecified atom stereocenters. The Labute approximate surface area is 118 Å². The summed E-state index contributed by atoms with van der Waals surface area (Å²) in [4.78, 5) is 9.19. The van der Waals surface area contributed by atoms with Crippen molar-refractivity contribution < 1.29 is 0 Å². The van der Waals surface area contributed by atoms with Gasteiger partial charge in [-0.05, 0) is 42.2 Å². The molecule has 1 fully saturated rings. The Hall–Kier alpha value is -0.490. The van der Waals surface area contributed by atoms with Crippen LogP contribution in [-0.4, -0.2) is 61.1 Å². The summed E-state index contributed by atoms with van der Waals surface area (Å²) >= 11 is 3.40. The lowest BCUT2D eigenvalue weighted by Gasteiger charge is -2.37. The summed E-state index contributed by atoms with van der Waals surface area (Å²) in [5.41, 5.74) is 1.09. The second-order valence-corrected chi connectivity index (χ2v) is 5.91. The van der Waals surface area contributed by atoms with Gasteiger partial charge in [0.1, 0.15) is 0 Å². The van der Waals surface area contributed by atoms with Gasteiger partial charge in [0, 0.05) is 49.4 Å². The summed E-state index contributed by atoms with van der Waals surface area (Å²) < 4.78 is 1.03. The summed E-state index contributed by atoms with van der Waals surface area (Å²) in [7, 11) is 4.40. The first-order valence-electron chi connectivity index (χ1n) is 6.35. The number of nitrogens with zero attached hydrogens (tertiary/aromatic N) is 3. The molecular formula is C13H21BrN4. The van der Waals surface area contributed by atoms with E-state index in [0.717, 1.165) is 36.3 Å². The first kappa shape index (κ1) is 13.9. The van der Waals surface area contributed by atoms with Crippen LogP contribution in [0.2, 0.25) is 0 Å². The smallest absolute Gasteiger partial charge is 0.0542 e. The molecule has 1 aliphatic heterocycles. The molecule has 18 heavy (non-hydrogen) atoms. The van der Waals surface area contributed by atoms with Crippen LogP contribution in [0.1, 0.15) is 5.69 Å². The Balaban J connectivity index is 1.76. The summed E-state index contributed by atoms with van der Waals surface area (Å²) in [5, 5.41) is 3.50. The molecule has 0 aliphatic carbocycles. The van der Waals surface area contributed by atoms with Crippen LogP contribution in [0, 0.1) is 0 Å². The predicted octanol–water partition coefficient (Wildman–Crippen LogP) is 1.18. The van der Waals surface area contributed by atoms with E-state index in [4.69, 9.17) is 0 Å². The predicted molar refractivity (Wildman–Crippen MR) is 77.6 cm³/mol. The van der Waals surface area contributed by atoms with Crippen molar-refractivity contribution in [3.8, 4) is 0 Å². The van der Waals surface area contributed by atoms with Crippen molar-refractivity contribution in [1.82, 2.24) is 20.1 Å². The summed E-state index contributed by atoms with van der Waals surface area (Å²) in [6, 6.07) is 4.68. The zero-order valence-electron chi connectivity index (χ0n) is 11.1. The molecule has 1 aromatic rings. The molecule has 2 heterocycles. The SMILES string of the molecule is CN1CCN(C)C(CNCc2ccc(Br)cn2)C1. The Bertz CT molecular complexity index is 368. The zero-order chi connectivity index (χ0) is 13.0. The van der Waals surface area contributed by atoms with Gasteiger partial charge in [0.2, 0.25) is 0 Å². The normalized spacial score (nSPS) is 22.3. The fourth-order valence-electron chi connectivity index (χ4n) is 2.20. The van der Waals surface area contributed by atoms with Crippen molar-refractivity contribution in [2.24, 2.45) is 0 Å². The van der Waals surface area contributed by atoms with Crippen LogP contribution >= 0.6 is 15.9 Å². The highest BCUT2D eigenvalue weighted by atomic mass is 79.9. The molecular weight excluding hydrogens is 292 g/mol. The van der Waals surface area contributed by atoms with Crippen LogP contribution in [0.4, 0.5) is 0 Å². The molecule has 1 aliphatic rings. The third kappa shape index (κ3) is 4.02. The van der Waals surface area contributed by atoms with Crippen molar-refractivity contribution >= 4 is 15.9 Å². The molecule has 0 bridgehead atoms. The molecule has 100 valence electrons. The molecule has 0 aromatic carbocycles. The Kier molecular flexibility index (Phi) is 5.12. The van der Waals surface area contributed by atoms with Gasteiger partial charge in [-0.2, -0.15) is 0 Å². The fraction of sp³-hybridized carbons (Fsp3) is 0.615. The fourth-order valence-corrected chi connectivity index (χ4v) is 2.43. The largest absolute Gasteiger partial charge is 0.310 e. The molecule has 4 nitrogen and oxygen atoms in total. The molecule has 0 spiro atoms. The minimum atomic E-state index is 0.596. The van der Waals surface area contributed by atoms with Crippen molar-refractivity contribution in [2.45, 2.75) is 12.6 Å². The number of hydrogen-bond donors (Lipinski definition) is 1. The second kappa shape index (κ2) is 6.61. The summed E-state index contributed by atoms with van der Waals surface area (Å²) in [6.45, 7) is 5.30. The molecule has 0 saturated carbocycles. The van der Waals surface area contributed by atoms with Gasteiger partial charge in [0.25, 0.3) is 0 Å². The van der Waals surface area contributed by atoms with Crippen molar-refractivity contribution in [3.63, 3.8) is 0 Å². The van der Waals surface area contributed by atoms with E-state index in [-0.39, 0.29) is 0 Å². The third-order valence-corrected chi connectivity index (χ3v) is 3.92. The monoisotopic (exact) mass is 312 g/mol. The lowest BCUT2D eigenvalue weighted by Crippen LogP contribution is -2.53. The topological polar surface area (TPSA) is 31.4 Å². The molecule has 1 atom stereocenters. The van der Waals surface area contributed by atoms with Crippen molar-refractivity contribution in [2.75, 3.05) is 40.3 Å². The molecule has 0 amide bonds. The number of pyridine rings is 1. The van der Waals surface area contributed by atoms with E-state index < -0.39 is 0 Å². The van der Waals surface area contributed by atoms with Crippen molar-refractivity contribution in [1.29, 1.82) is 0 Å². The average Bonchev–Trinajstić information content (AvgIpc) is 2.36. The highest BCUT2D eigenvalue weighted by molar-refractivity contribution is 9.10. The van der Waals surface area contributed by atoms with E-state index >= 15 is 0 Å². The third-order valence-electron chi connectivity index (χ3n) is 3.45. The lowest BCUT2D eigenvalue weighted by atomic mass is 10.2. The van der Waals surface area contributed by atoms with E-state index in [2.05, 4.69) is 50.1 Å². The van der Waals surface area contributed by atoms with E-state index in [0.29, 0.717) is 6.04 Å². The van der Waals surface area contributed by atoms with Gasteiger partial charge in [-0.25, -0.2) is 0 Å². The van der Waals surface area contributed by atoms with Crippen LogP contribution in [0.3, 0.4) is 0 Å². The molecule has 1 aromatic heterocycles. The van der Waals surface area contributed by atoms with Crippen LogP contribution in [-0.2, 0) is 6.54 Å². The minimum absolute atomic E-state index is 0.596. The number of rotatable bonds is 4. The standard InChI is InChI=1S/C13H21BrN4/c1-17-5-6-18(2)13(10-17)9-15-8-12-4-3-11(14)7-16-12/h3-4,7,13,15H,5-6,8-10H2,1-2H3. The quantitative estimate of drug-likeness (QED) is 0.904. The molecule has 5 heteroatoms. The van der Waals surface area contributed by atoms with Crippen LogP contribution in [0.25, 0.3) is 0 Å². The molecule has 1 saturated heterocycles. The number of aromatic nitrogens is 1. The van der Waals surface area contributed by atoms with Gasteiger partial charge in [0.15, 0.2) is 0 Å². The lowest BCUT2D eigenvalue weighted by molar-refractivity contribution is 0.113. The van der Waals surface area contributed by atoms with E-state index in [1.54, 1.807) is 0 Å². The Morgan fingerprint density at radius 2 is 2.22 bits per heavy atom. The number of hydrogen-bond acceptors (Lipinski definition) is 4. The van der Waals surface area contributed by atoms with E-state index in [1.165, 1.54) is 6.54 Å². The first-order valence-corrected chi connectivity index (χ1v) is 7.14. The summed E-state index contributed by atoms with van der Waals surface area (Å²) in [5.74, 6) is 0. The highest BCUT2D eigenvalue weighted by Gasteiger charge is 2.21. The highest BCUT2D eigenvalue weighted by Crippen LogP contribution is 2.08. The van der Waals surface area contributed by atoms with E-state index in [9.17, 15) is 0 Å². The Morgan fingerprint density at radius 3 is 2.94 bits per heavy atom. The van der Waals surface area contributed by atoms with E-state index in [1.807, 2.05) is 18.3 Å². The minimum Gasteiger partial charge on any atom is -0.310 e. The Morgan fingerprint density at radius 1 is 1.39 bits per heavy atom. The first-order chi connectivity index (χ1) is 8.65. The van der Waals surface area contributed by atoms with Crippen LogP contribution in [0.5, 0.6) is 0 Å². The number of likely N-dealkylation sites (N-methyl/N-ethyl adjacent to an activating group) is 2. The van der Waals surface area contributed by atoms with Gasteiger partial charge in [-0.1, -0.05) is 0 Å². The molecule has 1 N–H and O–H groups in total. The van der Waals surface area contributed by atoms with Gasteiger partial charge in [0.05, 0.1) is 5.69 Å². The van der Waals surface area contributed by atoms with Gasteiger partial charge in [-0.3, -0.25) is 9.88 Å². The van der Waals surface area contributed by atoms with Crippen LogP contribution < -0.4 is 5.32 Å². The van der Waals surface area contributed by atoms with Gasteiger partial charge >= 0.3 is 0 Å². The molecule has 0 radical (unpaired) electrons. The average molecular weight is 313 g/mol. The van der Waals surface area contributed by atoms with Crippen molar-refractivity contribution in [3.05, 3.63) is 28.5 Å². The number of nitrogens with one attached hydrogen (secondary N) is 1. The number of piperazine rings is 1. The van der Waals surface area contributed by atoms with Gasteiger partial charge < -0.3 is 10.2 Å². The maximum absolute atomic E-state index is 4.36. The maximum Gasteiger partial charge on any atom is 0.0542 e. The van der Waals surface area contributed by atoms with Gasteiger partial charge in [-0.15, -0.1) is 0 Å². The molecule has 2 rings (SSSR count).